The second-order valence-corrected chi connectivity index (χ2v) is 7.32. The molecule has 0 radical (unpaired) electrons. The first-order chi connectivity index (χ1) is 14.1. The maximum Gasteiger partial charge on any atom is 0.234 e. The summed E-state index contributed by atoms with van der Waals surface area (Å²) < 4.78 is 0. The highest BCUT2D eigenvalue weighted by Gasteiger charge is 2.24. The lowest BCUT2D eigenvalue weighted by molar-refractivity contribution is -0.119. The maximum atomic E-state index is 11.6. The Morgan fingerprint density at radius 2 is 1.55 bits per heavy atom. The Morgan fingerprint density at radius 1 is 0.931 bits per heavy atom. The molecule has 0 unspecified atom stereocenters. The summed E-state index contributed by atoms with van der Waals surface area (Å²) in [5, 5.41) is 4.51. The molecule has 4 rings (SSSR count). The highest BCUT2D eigenvalue weighted by molar-refractivity contribution is 5.92. The van der Waals surface area contributed by atoms with E-state index in [4.69, 9.17) is 5.73 Å². The Morgan fingerprint density at radius 3 is 2.24 bits per heavy atom. The number of H-pyrrole nitrogens is 1. The van der Waals surface area contributed by atoms with Crippen LogP contribution in [0.4, 0.5) is 0 Å². The predicted octanol–water partition coefficient (Wildman–Crippen LogP) is 4.43. The molecule has 0 saturated carbocycles. The number of nitrogens with one attached hydrogen (secondary N) is 2. The quantitative estimate of drug-likeness (QED) is 0.442. The van der Waals surface area contributed by atoms with Crippen LogP contribution >= 0.6 is 0 Å². The van der Waals surface area contributed by atoms with Crippen molar-refractivity contribution < 1.29 is 4.79 Å². The fourth-order valence-electron chi connectivity index (χ4n) is 3.83. The standard InChI is InChI=1S/C25H25N3O/c1-17(25(26)29)27-16-21(18-10-4-2-5-11-18)23-20-14-8-9-15-22(20)28-24(23)19-12-6-3-7-13-19/h2-15,17,21,27-28H,16H2,1H3,(H2,26,29)/t17-,21+/m1/s1. The third kappa shape index (κ3) is 3.93. The number of primary amides is 1. The van der Waals surface area contributed by atoms with Crippen molar-refractivity contribution >= 4 is 16.8 Å². The van der Waals surface area contributed by atoms with Crippen LogP contribution in [0.25, 0.3) is 22.2 Å². The first-order valence-corrected chi connectivity index (χ1v) is 9.89. The molecule has 4 N–H and O–H groups in total. The molecule has 4 nitrogen and oxygen atoms in total. The van der Waals surface area contributed by atoms with Gasteiger partial charge in [-0.1, -0.05) is 78.9 Å². The number of amides is 1. The molecule has 2 atom stereocenters. The Kier molecular flexibility index (Phi) is 5.45. The number of carbonyl (C=O) groups is 1. The van der Waals surface area contributed by atoms with Gasteiger partial charge in [0.2, 0.25) is 5.91 Å². The van der Waals surface area contributed by atoms with E-state index in [-0.39, 0.29) is 11.8 Å². The molecule has 1 amide bonds. The second kappa shape index (κ2) is 8.33. The van der Waals surface area contributed by atoms with Gasteiger partial charge in [0, 0.05) is 23.4 Å². The van der Waals surface area contributed by atoms with Gasteiger partial charge in [-0.15, -0.1) is 0 Å². The van der Waals surface area contributed by atoms with Gasteiger partial charge in [0.1, 0.15) is 0 Å². The number of fused-ring (bicyclic) bond motifs is 1. The fourth-order valence-corrected chi connectivity index (χ4v) is 3.83. The van der Waals surface area contributed by atoms with E-state index in [9.17, 15) is 4.79 Å². The largest absolute Gasteiger partial charge is 0.368 e. The molecule has 0 aliphatic heterocycles. The van der Waals surface area contributed by atoms with Crippen molar-refractivity contribution in [2.24, 2.45) is 5.73 Å². The smallest absolute Gasteiger partial charge is 0.234 e. The zero-order chi connectivity index (χ0) is 20.2. The van der Waals surface area contributed by atoms with Crippen molar-refractivity contribution in [2.75, 3.05) is 6.54 Å². The van der Waals surface area contributed by atoms with Crippen LogP contribution in [-0.2, 0) is 4.79 Å². The second-order valence-electron chi connectivity index (χ2n) is 7.32. The highest BCUT2D eigenvalue weighted by Crippen LogP contribution is 2.38. The van der Waals surface area contributed by atoms with E-state index in [0.717, 1.165) is 16.8 Å². The minimum atomic E-state index is -0.397. The maximum absolute atomic E-state index is 11.6. The summed E-state index contributed by atoms with van der Waals surface area (Å²) in [6.07, 6.45) is 0. The molecular formula is C25H25N3O. The summed E-state index contributed by atoms with van der Waals surface area (Å²) in [6, 6.07) is 28.7. The van der Waals surface area contributed by atoms with E-state index in [1.165, 1.54) is 16.5 Å². The molecule has 3 aromatic carbocycles. The van der Waals surface area contributed by atoms with Crippen LogP contribution in [0.2, 0.25) is 0 Å². The van der Waals surface area contributed by atoms with Gasteiger partial charge in [0.15, 0.2) is 0 Å². The summed E-state index contributed by atoms with van der Waals surface area (Å²) in [5.74, 6) is -0.289. The van der Waals surface area contributed by atoms with Crippen molar-refractivity contribution in [1.82, 2.24) is 10.3 Å². The van der Waals surface area contributed by atoms with Crippen molar-refractivity contribution in [3.8, 4) is 11.3 Å². The fraction of sp³-hybridized carbons (Fsp3) is 0.160. The normalized spacial score (nSPS) is 13.3. The highest BCUT2D eigenvalue weighted by atomic mass is 16.1. The lowest BCUT2D eigenvalue weighted by Gasteiger charge is -2.22. The molecule has 29 heavy (non-hydrogen) atoms. The van der Waals surface area contributed by atoms with Crippen molar-refractivity contribution in [2.45, 2.75) is 18.9 Å². The number of nitrogens with two attached hydrogens (primary N) is 1. The van der Waals surface area contributed by atoms with E-state index < -0.39 is 6.04 Å². The molecule has 4 aromatic rings. The van der Waals surface area contributed by atoms with Crippen molar-refractivity contribution in [1.29, 1.82) is 0 Å². The molecule has 146 valence electrons. The summed E-state index contributed by atoms with van der Waals surface area (Å²) in [6.45, 7) is 2.41. The molecule has 1 heterocycles. The van der Waals surface area contributed by atoms with Crippen LogP contribution in [0.15, 0.2) is 84.9 Å². The van der Waals surface area contributed by atoms with E-state index in [1.807, 2.05) is 18.2 Å². The minimum absolute atomic E-state index is 0.0596. The minimum Gasteiger partial charge on any atom is -0.368 e. The zero-order valence-electron chi connectivity index (χ0n) is 16.4. The Bertz CT molecular complexity index is 1100. The summed E-state index contributed by atoms with van der Waals surface area (Å²) >= 11 is 0. The number of hydrogen-bond acceptors (Lipinski definition) is 2. The molecule has 0 fully saturated rings. The lowest BCUT2D eigenvalue weighted by Crippen LogP contribution is -2.40. The first kappa shape index (κ1) is 19.0. The number of aromatic amines is 1. The van der Waals surface area contributed by atoms with E-state index >= 15 is 0 Å². The molecule has 0 spiro atoms. The van der Waals surface area contributed by atoms with E-state index in [1.54, 1.807) is 6.92 Å². The van der Waals surface area contributed by atoms with Crippen LogP contribution in [0.5, 0.6) is 0 Å². The predicted molar refractivity (Wildman–Crippen MR) is 119 cm³/mol. The average Bonchev–Trinajstić information content (AvgIpc) is 3.14. The number of rotatable bonds is 7. The Balaban J connectivity index is 1.88. The molecule has 4 heteroatoms. The molecule has 0 aliphatic rings. The molecular weight excluding hydrogens is 358 g/mol. The molecule has 0 bridgehead atoms. The number of aromatic nitrogens is 1. The van der Waals surface area contributed by atoms with Crippen LogP contribution in [-0.4, -0.2) is 23.5 Å². The van der Waals surface area contributed by atoms with Crippen LogP contribution in [0.1, 0.15) is 24.0 Å². The lowest BCUT2D eigenvalue weighted by atomic mass is 9.87. The number of hydrogen-bond donors (Lipinski definition) is 3. The Labute approximate surface area is 170 Å². The topological polar surface area (TPSA) is 70.9 Å². The van der Waals surface area contributed by atoms with Crippen LogP contribution in [0.3, 0.4) is 0 Å². The van der Waals surface area contributed by atoms with Gasteiger partial charge >= 0.3 is 0 Å². The average molecular weight is 383 g/mol. The van der Waals surface area contributed by atoms with E-state index in [2.05, 4.69) is 77.0 Å². The van der Waals surface area contributed by atoms with Gasteiger partial charge in [0.25, 0.3) is 0 Å². The van der Waals surface area contributed by atoms with Gasteiger partial charge in [-0.05, 0) is 29.7 Å². The third-order valence-corrected chi connectivity index (χ3v) is 5.41. The number of benzene rings is 3. The van der Waals surface area contributed by atoms with Crippen molar-refractivity contribution in [3.63, 3.8) is 0 Å². The molecule has 0 aliphatic carbocycles. The van der Waals surface area contributed by atoms with Gasteiger partial charge in [-0.3, -0.25) is 4.79 Å². The van der Waals surface area contributed by atoms with Crippen molar-refractivity contribution in [3.05, 3.63) is 96.1 Å². The summed E-state index contributed by atoms with van der Waals surface area (Å²) in [4.78, 5) is 15.2. The summed E-state index contributed by atoms with van der Waals surface area (Å²) in [7, 11) is 0. The van der Waals surface area contributed by atoms with Gasteiger partial charge < -0.3 is 16.0 Å². The SMILES string of the molecule is C[C@@H](NC[C@@H](c1ccccc1)c1c(-c2ccccc2)[nH]c2ccccc12)C(N)=O. The monoisotopic (exact) mass is 383 g/mol. The first-order valence-electron chi connectivity index (χ1n) is 9.89. The van der Waals surface area contributed by atoms with Gasteiger partial charge in [0.05, 0.1) is 11.7 Å². The number of para-hydroxylation sites is 1. The Hall–Kier alpha value is -3.37. The van der Waals surface area contributed by atoms with Crippen LogP contribution in [0, 0.1) is 0 Å². The van der Waals surface area contributed by atoms with E-state index in [0.29, 0.717) is 6.54 Å². The van der Waals surface area contributed by atoms with Gasteiger partial charge in [-0.25, -0.2) is 0 Å². The zero-order valence-corrected chi connectivity index (χ0v) is 16.4. The van der Waals surface area contributed by atoms with Crippen LogP contribution < -0.4 is 11.1 Å². The van der Waals surface area contributed by atoms with Gasteiger partial charge in [-0.2, -0.15) is 0 Å². The number of carbonyl (C=O) groups excluding carboxylic acids is 1. The molecule has 0 saturated heterocycles. The third-order valence-electron chi connectivity index (χ3n) is 5.41. The summed E-state index contributed by atoms with van der Waals surface area (Å²) in [5.41, 5.74) is 11.2. The molecule has 1 aromatic heterocycles.